The fraction of sp³-hybridized carbons (Fsp3) is 0.429. The smallest absolute Gasteiger partial charge is 0.132 e. The SMILES string of the molecule is COc1cc(OCc2ccccc2)c(-c2c(-c3c(OC)cccc3OC)cccc2N(C)C)c(P(C2CCCCC2)C2CCCCC2)c1. The van der Waals surface area contributed by atoms with Crippen LogP contribution in [0.5, 0.6) is 23.0 Å². The number of methoxy groups -OCH3 is 3. The zero-order chi connectivity index (χ0) is 33.5. The Kier molecular flexibility index (Phi) is 11.5. The van der Waals surface area contributed by atoms with Crippen molar-refractivity contribution in [2.45, 2.75) is 82.1 Å². The first kappa shape index (κ1) is 34.2. The third-order valence-corrected chi connectivity index (χ3v) is 13.7. The van der Waals surface area contributed by atoms with Crippen molar-refractivity contribution in [2.24, 2.45) is 0 Å². The van der Waals surface area contributed by atoms with Crippen LogP contribution in [0.15, 0.2) is 78.9 Å². The van der Waals surface area contributed by atoms with E-state index in [1.807, 2.05) is 18.2 Å². The van der Waals surface area contributed by atoms with E-state index in [1.165, 1.54) is 75.1 Å². The highest BCUT2D eigenvalue weighted by atomic mass is 31.1. The van der Waals surface area contributed by atoms with Crippen molar-refractivity contribution in [3.8, 4) is 45.3 Å². The molecule has 6 heteroatoms. The van der Waals surface area contributed by atoms with Crippen molar-refractivity contribution in [2.75, 3.05) is 40.3 Å². The normalized spacial score (nSPS) is 15.7. The molecule has 0 saturated heterocycles. The molecule has 48 heavy (non-hydrogen) atoms. The average Bonchev–Trinajstić information content (AvgIpc) is 3.14. The van der Waals surface area contributed by atoms with Gasteiger partial charge in [0.05, 0.1) is 26.9 Å². The fourth-order valence-electron chi connectivity index (χ4n) is 7.91. The van der Waals surface area contributed by atoms with Crippen LogP contribution in [-0.2, 0) is 6.61 Å². The summed E-state index contributed by atoms with van der Waals surface area (Å²) in [4.78, 5) is 2.24. The van der Waals surface area contributed by atoms with Gasteiger partial charge in [-0.3, -0.25) is 0 Å². The van der Waals surface area contributed by atoms with Crippen molar-refractivity contribution in [3.63, 3.8) is 0 Å². The highest BCUT2D eigenvalue weighted by Gasteiger charge is 2.36. The van der Waals surface area contributed by atoms with Gasteiger partial charge in [0.2, 0.25) is 0 Å². The predicted octanol–water partition coefficient (Wildman–Crippen LogP) is 10.5. The molecule has 0 aliphatic heterocycles. The van der Waals surface area contributed by atoms with Gasteiger partial charge in [-0.2, -0.15) is 0 Å². The van der Waals surface area contributed by atoms with Crippen molar-refractivity contribution in [1.82, 2.24) is 0 Å². The molecule has 0 spiro atoms. The van der Waals surface area contributed by atoms with E-state index in [9.17, 15) is 0 Å². The Labute approximate surface area is 289 Å². The molecular weight excluding hydrogens is 613 g/mol. The second kappa shape index (κ2) is 16.1. The summed E-state index contributed by atoms with van der Waals surface area (Å²) < 4.78 is 25.1. The third kappa shape index (κ3) is 7.32. The van der Waals surface area contributed by atoms with Gasteiger partial charge in [-0.15, -0.1) is 0 Å². The molecule has 0 radical (unpaired) electrons. The standard InChI is InChI=1S/C42H52NO4P/c1-43(2)35-24-15-23-34(41-36(45-4)25-16-26-37(41)46-5)40(35)42-38(47-29-30-17-9-6-10-18-30)27-31(44-3)28-39(42)48(32-19-11-7-12-20-32)33-21-13-8-14-22-33/h6,9-10,15-18,23-28,32-33H,7-8,11-14,19-22,29H2,1-5H3. The second-order valence-corrected chi connectivity index (χ2v) is 16.2. The summed E-state index contributed by atoms with van der Waals surface area (Å²) in [6.45, 7) is 0.475. The Morgan fingerprint density at radius 2 is 1.21 bits per heavy atom. The zero-order valence-corrected chi connectivity index (χ0v) is 30.4. The molecule has 5 nitrogen and oxygen atoms in total. The lowest BCUT2D eigenvalue weighted by Crippen LogP contribution is -2.28. The molecule has 0 amide bonds. The Hall–Kier alpha value is -3.69. The van der Waals surface area contributed by atoms with Gasteiger partial charge < -0.3 is 23.8 Å². The van der Waals surface area contributed by atoms with Crippen LogP contribution in [0, 0.1) is 0 Å². The van der Waals surface area contributed by atoms with Crippen LogP contribution in [0.2, 0.25) is 0 Å². The van der Waals surface area contributed by atoms with E-state index >= 15 is 0 Å². The van der Waals surface area contributed by atoms with Gasteiger partial charge in [0.15, 0.2) is 0 Å². The number of nitrogens with zero attached hydrogens (tertiary/aromatic N) is 1. The highest BCUT2D eigenvalue weighted by Crippen LogP contribution is 2.59. The molecule has 2 aliphatic carbocycles. The minimum absolute atomic E-state index is 0.475. The summed E-state index contributed by atoms with van der Waals surface area (Å²) in [7, 11) is 9.04. The maximum atomic E-state index is 6.97. The molecule has 0 N–H and O–H groups in total. The predicted molar refractivity (Wildman–Crippen MR) is 202 cm³/mol. The minimum Gasteiger partial charge on any atom is -0.497 e. The molecule has 2 saturated carbocycles. The number of anilines is 1. The molecule has 2 fully saturated rings. The first-order valence-corrected chi connectivity index (χ1v) is 19.2. The van der Waals surface area contributed by atoms with E-state index in [1.54, 1.807) is 21.3 Å². The van der Waals surface area contributed by atoms with Gasteiger partial charge in [0.1, 0.15) is 29.6 Å². The van der Waals surface area contributed by atoms with Crippen LogP contribution in [0.1, 0.15) is 69.8 Å². The highest BCUT2D eigenvalue weighted by molar-refractivity contribution is 7.67. The summed E-state index contributed by atoms with van der Waals surface area (Å²) in [5.74, 6) is 3.32. The fourth-order valence-corrected chi connectivity index (χ4v) is 11.9. The van der Waals surface area contributed by atoms with Crippen molar-refractivity contribution in [1.29, 1.82) is 0 Å². The lowest BCUT2D eigenvalue weighted by molar-refractivity contribution is 0.305. The molecule has 2 aliphatic rings. The van der Waals surface area contributed by atoms with Crippen LogP contribution in [0.4, 0.5) is 5.69 Å². The minimum atomic E-state index is -0.516. The largest absolute Gasteiger partial charge is 0.497 e. The molecule has 0 heterocycles. The van der Waals surface area contributed by atoms with E-state index in [4.69, 9.17) is 18.9 Å². The van der Waals surface area contributed by atoms with E-state index in [-0.39, 0.29) is 0 Å². The molecule has 0 bridgehead atoms. The quantitative estimate of drug-likeness (QED) is 0.141. The number of rotatable bonds is 12. The Morgan fingerprint density at radius 3 is 1.77 bits per heavy atom. The Morgan fingerprint density at radius 1 is 0.604 bits per heavy atom. The summed E-state index contributed by atoms with van der Waals surface area (Å²) >= 11 is 0. The van der Waals surface area contributed by atoms with Gasteiger partial charge in [-0.05, 0) is 77.7 Å². The van der Waals surface area contributed by atoms with Crippen molar-refractivity contribution in [3.05, 3.63) is 84.4 Å². The second-order valence-electron chi connectivity index (χ2n) is 13.4. The molecule has 254 valence electrons. The van der Waals surface area contributed by atoms with Crippen LogP contribution in [0.25, 0.3) is 22.3 Å². The molecule has 6 rings (SSSR count). The van der Waals surface area contributed by atoms with E-state index in [0.29, 0.717) is 17.9 Å². The first-order valence-electron chi connectivity index (χ1n) is 17.7. The van der Waals surface area contributed by atoms with Crippen molar-refractivity contribution >= 4 is 18.9 Å². The average molecular weight is 666 g/mol. The Bertz CT molecular complexity index is 1600. The molecular formula is C42H52NO4P. The summed E-state index contributed by atoms with van der Waals surface area (Å²) in [6.07, 6.45) is 13.2. The van der Waals surface area contributed by atoms with Gasteiger partial charge in [-0.1, -0.05) is 95.0 Å². The van der Waals surface area contributed by atoms with Gasteiger partial charge in [0.25, 0.3) is 0 Å². The maximum Gasteiger partial charge on any atom is 0.132 e. The summed E-state index contributed by atoms with van der Waals surface area (Å²) in [5, 5.41) is 1.43. The lowest BCUT2D eigenvalue weighted by Gasteiger charge is -2.40. The third-order valence-electron chi connectivity index (χ3n) is 10.2. The van der Waals surface area contributed by atoms with Gasteiger partial charge in [0, 0.05) is 37.0 Å². The van der Waals surface area contributed by atoms with E-state index in [2.05, 4.69) is 79.7 Å². The van der Waals surface area contributed by atoms with Crippen LogP contribution in [-0.4, -0.2) is 46.7 Å². The van der Waals surface area contributed by atoms with Gasteiger partial charge in [-0.25, -0.2) is 0 Å². The number of ether oxygens (including phenoxy) is 4. The summed E-state index contributed by atoms with van der Waals surface area (Å²) in [6, 6.07) is 27.7. The number of hydrogen-bond acceptors (Lipinski definition) is 5. The number of hydrogen-bond donors (Lipinski definition) is 0. The molecule has 4 aromatic carbocycles. The van der Waals surface area contributed by atoms with E-state index < -0.39 is 7.92 Å². The summed E-state index contributed by atoms with van der Waals surface area (Å²) in [5.41, 5.74) is 8.05. The number of benzene rings is 4. The van der Waals surface area contributed by atoms with Crippen molar-refractivity contribution < 1.29 is 18.9 Å². The molecule has 4 aromatic rings. The first-order chi connectivity index (χ1) is 23.5. The molecule has 0 atom stereocenters. The van der Waals surface area contributed by atoms with Crippen LogP contribution >= 0.6 is 7.92 Å². The van der Waals surface area contributed by atoms with Crippen LogP contribution < -0.4 is 29.2 Å². The molecule has 0 aromatic heterocycles. The van der Waals surface area contributed by atoms with E-state index in [0.717, 1.165) is 50.9 Å². The monoisotopic (exact) mass is 665 g/mol. The maximum absolute atomic E-state index is 6.97. The lowest BCUT2D eigenvalue weighted by atomic mass is 9.90. The van der Waals surface area contributed by atoms with Gasteiger partial charge >= 0.3 is 0 Å². The van der Waals surface area contributed by atoms with Crippen LogP contribution in [0.3, 0.4) is 0 Å². The Balaban J connectivity index is 1.68. The zero-order valence-electron chi connectivity index (χ0n) is 29.5. The topological polar surface area (TPSA) is 40.2 Å². The molecule has 0 unspecified atom stereocenters.